The van der Waals surface area contributed by atoms with Crippen LogP contribution in [0.25, 0.3) is 0 Å². The van der Waals surface area contributed by atoms with Crippen molar-refractivity contribution in [3.63, 3.8) is 0 Å². The zero-order chi connectivity index (χ0) is 28.5. The molecule has 1 heterocycles. The molecular weight excluding hydrogens is 543 g/mol. The van der Waals surface area contributed by atoms with Crippen molar-refractivity contribution in [1.82, 2.24) is 14.7 Å². The second-order valence-corrected chi connectivity index (χ2v) is 11.1. The summed E-state index contributed by atoms with van der Waals surface area (Å²) in [6.07, 6.45) is -3.62. The van der Waals surface area contributed by atoms with Crippen molar-refractivity contribution >= 4 is 50.8 Å². The number of hydrogen-bond donors (Lipinski definition) is 4. The van der Waals surface area contributed by atoms with Crippen LogP contribution in [0.3, 0.4) is 0 Å². The second kappa shape index (κ2) is 13.4. The van der Waals surface area contributed by atoms with E-state index in [2.05, 4.69) is 51.3 Å². The normalized spacial score (nSPS) is 11.5. The Morgan fingerprint density at radius 3 is 2.11 bits per heavy atom. The minimum absolute atomic E-state index is 0.190. The van der Waals surface area contributed by atoms with Crippen LogP contribution in [0.1, 0.15) is 32.3 Å². The molecule has 0 aliphatic rings. The first-order chi connectivity index (χ1) is 17.8. The van der Waals surface area contributed by atoms with Gasteiger partial charge in [0.2, 0.25) is 10.0 Å². The molecule has 206 valence electrons. The maximum absolute atomic E-state index is 12.2. The molecule has 0 fully saturated rings. The van der Waals surface area contributed by atoms with Crippen molar-refractivity contribution in [3.05, 3.63) is 60.4 Å². The number of carboxylic acids is 1. The summed E-state index contributed by atoms with van der Waals surface area (Å²) in [5.41, 5.74) is 2.88. The van der Waals surface area contributed by atoms with Crippen LogP contribution in [0.2, 0.25) is 0 Å². The molecule has 0 bridgehead atoms. The van der Waals surface area contributed by atoms with E-state index in [1.165, 1.54) is 18.9 Å². The molecule has 0 aliphatic carbocycles. The molecule has 0 unspecified atom stereocenters. The Morgan fingerprint density at radius 2 is 1.61 bits per heavy atom. The molecule has 0 radical (unpaired) electrons. The van der Waals surface area contributed by atoms with Crippen LogP contribution in [0, 0.1) is 0 Å². The van der Waals surface area contributed by atoms with Gasteiger partial charge in [0.05, 0.1) is 10.6 Å². The van der Waals surface area contributed by atoms with Crippen LogP contribution in [0.15, 0.2) is 64.6 Å². The Morgan fingerprint density at radius 1 is 1.03 bits per heavy atom. The summed E-state index contributed by atoms with van der Waals surface area (Å²) in [7, 11) is -2.15. The number of rotatable bonds is 9. The van der Waals surface area contributed by atoms with Crippen LogP contribution in [-0.4, -0.2) is 48.4 Å². The van der Waals surface area contributed by atoms with Crippen molar-refractivity contribution in [2.75, 3.05) is 23.4 Å². The van der Waals surface area contributed by atoms with Crippen LogP contribution in [-0.2, 0) is 14.8 Å². The molecule has 0 aliphatic heterocycles. The Balaban J connectivity index is 0.000000638. The monoisotopic (exact) mass is 571 g/mol. The van der Waals surface area contributed by atoms with Crippen molar-refractivity contribution in [2.45, 2.75) is 42.7 Å². The lowest BCUT2D eigenvalue weighted by atomic mass is 10.0. The van der Waals surface area contributed by atoms with Gasteiger partial charge < -0.3 is 15.7 Å². The molecule has 0 atom stereocenters. The first kappa shape index (κ1) is 30.9. The summed E-state index contributed by atoms with van der Waals surface area (Å²) in [5.74, 6) is -0.226. The molecule has 0 amide bonds. The van der Waals surface area contributed by atoms with Gasteiger partial charge >= 0.3 is 12.1 Å². The zero-order valence-corrected chi connectivity index (χ0v) is 22.6. The fraction of sp³-hybridized carbons (Fsp3) is 0.292. The summed E-state index contributed by atoms with van der Waals surface area (Å²) >= 11 is 1.62. The van der Waals surface area contributed by atoms with E-state index in [0.717, 1.165) is 16.3 Å². The van der Waals surface area contributed by atoms with Crippen molar-refractivity contribution < 1.29 is 31.5 Å². The molecule has 9 nitrogen and oxygen atoms in total. The molecule has 38 heavy (non-hydrogen) atoms. The largest absolute Gasteiger partial charge is 0.490 e. The van der Waals surface area contributed by atoms with Gasteiger partial charge in [0, 0.05) is 16.6 Å². The van der Waals surface area contributed by atoms with Gasteiger partial charge in [-0.1, -0.05) is 32.9 Å². The molecule has 0 saturated carbocycles. The highest BCUT2D eigenvalue weighted by atomic mass is 32.2. The van der Waals surface area contributed by atoms with E-state index in [1.54, 1.807) is 36.0 Å². The Bertz CT molecular complexity index is 1340. The number of carboxylic acid groups (broad SMARTS) is 1. The molecule has 3 rings (SSSR count). The maximum atomic E-state index is 12.2. The number of alkyl halides is 3. The van der Waals surface area contributed by atoms with Crippen molar-refractivity contribution in [2.24, 2.45) is 0 Å². The third kappa shape index (κ3) is 9.19. The van der Waals surface area contributed by atoms with Gasteiger partial charge in [-0.05, 0) is 54.6 Å². The van der Waals surface area contributed by atoms with Crippen LogP contribution in [0.4, 0.5) is 36.2 Å². The fourth-order valence-corrected chi connectivity index (χ4v) is 4.40. The summed E-state index contributed by atoms with van der Waals surface area (Å²) in [4.78, 5) is 18.6. The lowest BCUT2D eigenvalue weighted by molar-refractivity contribution is -0.192. The third-order valence-electron chi connectivity index (χ3n) is 4.85. The number of nitrogens with zero attached hydrogens (tertiary/aromatic N) is 2. The molecule has 1 aromatic heterocycles. The van der Waals surface area contributed by atoms with Crippen molar-refractivity contribution in [3.8, 4) is 0 Å². The average Bonchev–Trinajstić information content (AvgIpc) is 2.85. The van der Waals surface area contributed by atoms with Gasteiger partial charge in [-0.15, -0.1) is 11.8 Å². The number of halogens is 3. The Hall–Kier alpha value is -3.36. The number of hydrogen-bond acceptors (Lipinski definition) is 8. The van der Waals surface area contributed by atoms with Crippen LogP contribution >= 0.6 is 11.8 Å². The van der Waals surface area contributed by atoms with E-state index in [9.17, 15) is 21.6 Å². The number of carbonyl (C=O) groups is 1. The maximum Gasteiger partial charge on any atom is 0.490 e. The average molecular weight is 572 g/mol. The molecule has 0 spiro atoms. The number of aliphatic carboxylic acids is 1. The highest BCUT2D eigenvalue weighted by Crippen LogP contribution is 2.32. The molecule has 4 N–H and O–H groups in total. The van der Waals surface area contributed by atoms with Crippen molar-refractivity contribution in [1.29, 1.82) is 0 Å². The lowest BCUT2D eigenvalue weighted by Crippen LogP contribution is -2.21. The Labute approximate surface area is 223 Å². The van der Waals surface area contributed by atoms with Gasteiger partial charge in [0.15, 0.2) is 0 Å². The number of aromatic nitrogens is 2. The predicted molar refractivity (Wildman–Crippen MR) is 142 cm³/mol. The minimum Gasteiger partial charge on any atom is -0.475 e. The fourth-order valence-electron chi connectivity index (χ4n) is 2.90. The third-order valence-corrected chi connectivity index (χ3v) is 7.22. The van der Waals surface area contributed by atoms with E-state index in [0.29, 0.717) is 23.2 Å². The summed E-state index contributed by atoms with van der Waals surface area (Å²) in [5, 5.41) is 13.6. The SMILES string of the molecule is CCSc1ccc(S(=O)(=O)NC)cc1Nc1cc(Nc2ccc(C(C)C)cc2)ncn1.O=C(O)C(F)(F)F. The van der Waals surface area contributed by atoms with Gasteiger partial charge in [-0.2, -0.15) is 13.2 Å². The smallest absolute Gasteiger partial charge is 0.475 e. The van der Waals surface area contributed by atoms with E-state index < -0.39 is 22.2 Å². The highest BCUT2D eigenvalue weighted by Gasteiger charge is 2.38. The van der Waals surface area contributed by atoms with E-state index in [-0.39, 0.29) is 4.90 Å². The summed E-state index contributed by atoms with van der Waals surface area (Å²) in [6.45, 7) is 6.36. The van der Waals surface area contributed by atoms with Crippen LogP contribution in [0.5, 0.6) is 0 Å². The topological polar surface area (TPSA) is 133 Å². The number of sulfonamides is 1. The minimum atomic E-state index is -5.08. The number of nitrogens with one attached hydrogen (secondary N) is 3. The highest BCUT2D eigenvalue weighted by molar-refractivity contribution is 7.99. The lowest BCUT2D eigenvalue weighted by Gasteiger charge is -2.14. The standard InChI is InChI=1S/C22H27N5O2S2.C2HF3O2/c1-5-30-20-11-10-18(31(28,29)23-4)12-19(20)27-22-13-21(24-14-25-22)26-17-8-6-16(7-9-17)15(2)3;3-2(4,5)1(6)7/h6-15,23H,5H2,1-4H3,(H2,24,25,26,27);(H,6,7). The van der Waals surface area contributed by atoms with Gasteiger partial charge in [0.1, 0.15) is 18.0 Å². The molecule has 0 saturated heterocycles. The van der Waals surface area contributed by atoms with E-state index in [4.69, 9.17) is 9.90 Å². The quantitative estimate of drug-likeness (QED) is 0.237. The first-order valence-electron chi connectivity index (χ1n) is 11.2. The molecular formula is C24H28F3N5O4S2. The number of benzene rings is 2. The van der Waals surface area contributed by atoms with E-state index in [1.807, 2.05) is 19.1 Å². The summed E-state index contributed by atoms with van der Waals surface area (Å²) in [6, 6.07) is 15.0. The molecule has 14 heteroatoms. The molecule has 3 aromatic rings. The summed E-state index contributed by atoms with van der Waals surface area (Å²) < 4.78 is 58.5. The van der Waals surface area contributed by atoms with Crippen LogP contribution < -0.4 is 15.4 Å². The molecule has 2 aromatic carbocycles. The first-order valence-corrected chi connectivity index (χ1v) is 13.7. The number of anilines is 4. The predicted octanol–water partition coefficient (Wildman–Crippen LogP) is 5.74. The van der Waals surface area contributed by atoms with Gasteiger partial charge in [-0.3, -0.25) is 0 Å². The zero-order valence-electron chi connectivity index (χ0n) is 21.0. The second-order valence-electron chi connectivity index (χ2n) is 7.92. The number of thioether (sulfide) groups is 1. The van der Waals surface area contributed by atoms with E-state index >= 15 is 0 Å². The van der Waals surface area contributed by atoms with Gasteiger partial charge in [0.25, 0.3) is 0 Å². The Kier molecular flexibility index (Phi) is 10.9. The van der Waals surface area contributed by atoms with Gasteiger partial charge in [-0.25, -0.2) is 27.9 Å².